The standard InChI is InChI=1S/C22H22N4O3S/c27-20(25-22-24-10-12-30-22)18-7-4-11-26(14-18)21(28)17-8-9-23-19(13-17)29-15-16-5-2-1-3-6-16/h1-3,5-6,8-10,12-13,18H,4,7,11,14-15H2,(H,24,25,27). The lowest BCUT2D eigenvalue weighted by atomic mass is 9.96. The van der Waals surface area contributed by atoms with E-state index in [2.05, 4.69) is 15.3 Å². The van der Waals surface area contributed by atoms with Gasteiger partial charge in [0.1, 0.15) is 6.61 Å². The van der Waals surface area contributed by atoms with Gasteiger partial charge < -0.3 is 15.0 Å². The van der Waals surface area contributed by atoms with Crippen molar-refractivity contribution < 1.29 is 14.3 Å². The highest BCUT2D eigenvalue weighted by Crippen LogP contribution is 2.22. The number of carbonyl (C=O) groups is 2. The van der Waals surface area contributed by atoms with Gasteiger partial charge in [-0.25, -0.2) is 9.97 Å². The molecule has 154 valence electrons. The van der Waals surface area contributed by atoms with Gasteiger partial charge in [0.25, 0.3) is 5.91 Å². The zero-order valence-corrected chi connectivity index (χ0v) is 17.2. The number of hydrogen-bond acceptors (Lipinski definition) is 6. The van der Waals surface area contributed by atoms with Crippen LogP contribution < -0.4 is 10.1 Å². The van der Waals surface area contributed by atoms with Gasteiger partial charge in [-0.3, -0.25) is 9.59 Å². The monoisotopic (exact) mass is 422 g/mol. The van der Waals surface area contributed by atoms with E-state index in [9.17, 15) is 9.59 Å². The lowest BCUT2D eigenvalue weighted by Crippen LogP contribution is -2.43. The topological polar surface area (TPSA) is 84.4 Å². The summed E-state index contributed by atoms with van der Waals surface area (Å²) in [7, 11) is 0. The molecule has 7 nitrogen and oxygen atoms in total. The van der Waals surface area contributed by atoms with Crippen LogP contribution in [0.3, 0.4) is 0 Å². The number of rotatable bonds is 6. The van der Waals surface area contributed by atoms with Crippen LogP contribution in [0.25, 0.3) is 0 Å². The molecule has 1 unspecified atom stereocenters. The molecule has 1 aromatic carbocycles. The van der Waals surface area contributed by atoms with Gasteiger partial charge in [-0.15, -0.1) is 11.3 Å². The number of nitrogens with zero attached hydrogens (tertiary/aromatic N) is 3. The molecule has 2 amide bonds. The largest absolute Gasteiger partial charge is 0.473 e. The molecule has 1 saturated heterocycles. The predicted octanol–water partition coefficient (Wildman–Crippen LogP) is 3.61. The fraction of sp³-hybridized carbons (Fsp3) is 0.273. The van der Waals surface area contributed by atoms with Gasteiger partial charge in [0.2, 0.25) is 11.8 Å². The van der Waals surface area contributed by atoms with Crippen molar-refractivity contribution in [3.05, 3.63) is 71.4 Å². The van der Waals surface area contributed by atoms with Crippen molar-refractivity contribution in [3.63, 3.8) is 0 Å². The normalized spacial score (nSPS) is 16.1. The second kappa shape index (κ2) is 9.49. The maximum atomic E-state index is 13.0. The second-order valence-electron chi connectivity index (χ2n) is 7.07. The minimum atomic E-state index is -0.248. The van der Waals surface area contributed by atoms with E-state index in [0.29, 0.717) is 36.3 Å². The molecule has 1 fully saturated rings. The van der Waals surface area contributed by atoms with Crippen molar-refractivity contribution in [2.75, 3.05) is 18.4 Å². The minimum absolute atomic E-state index is 0.0935. The van der Waals surface area contributed by atoms with Crippen molar-refractivity contribution in [1.82, 2.24) is 14.9 Å². The van der Waals surface area contributed by atoms with E-state index in [1.807, 2.05) is 35.7 Å². The molecular formula is C22H22N4O3S. The minimum Gasteiger partial charge on any atom is -0.473 e. The lowest BCUT2D eigenvalue weighted by Gasteiger charge is -2.32. The highest BCUT2D eigenvalue weighted by atomic mass is 32.1. The van der Waals surface area contributed by atoms with Crippen molar-refractivity contribution in [1.29, 1.82) is 0 Å². The molecule has 2 aromatic heterocycles. The number of amides is 2. The van der Waals surface area contributed by atoms with Crippen LogP contribution in [-0.2, 0) is 11.4 Å². The van der Waals surface area contributed by atoms with Crippen LogP contribution in [0.5, 0.6) is 5.88 Å². The average molecular weight is 423 g/mol. The van der Waals surface area contributed by atoms with Gasteiger partial charge in [-0.1, -0.05) is 30.3 Å². The Bertz CT molecular complexity index is 995. The van der Waals surface area contributed by atoms with Crippen LogP contribution in [0, 0.1) is 5.92 Å². The van der Waals surface area contributed by atoms with E-state index in [-0.39, 0.29) is 17.7 Å². The third-order valence-electron chi connectivity index (χ3n) is 4.95. The first-order valence-corrected chi connectivity index (χ1v) is 10.7. The molecule has 1 aliphatic rings. The first-order valence-electron chi connectivity index (χ1n) is 9.81. The van der Waals surface area contributed by atoms with Gasteiger partial charge in [0, 0.05) is 42.5 Å². The summed E-state index contributed by atoms with van der Waals surface area (Å²) in [4.78, 5) is 35.6. The number of carbonyl (C=O) groups excluding carboxylic acids is 2. The van der Waals surface area contributed by atoms with E-state index in [0.717, 1.165) is 18.4 Å². The van der Waals surface area contributed by atoms with Crippen LogP contribution in [0.4, 0.5) is 5.13 Å². The number of benzene rings is 1. The molecule has 4 rings (SSSR count). The molecule has 8 heteroatoms. The van der Waals surface area contributed by atoms with E-state index >= 15 is 0 Å². The van der Waals surface area contributed by atoms with Gasteiger partial charge in [-0.05, 0) is 24.5 Å². The maximum absolute atomic E-state index is 13.0. The fourth-order valence-electron chi connectivity index (χ4n) is 3.40. The van der Waals surface area contributed by atoms with Gasteiger partial charge in [-0.2, -0.15) is 0 Å². The number of thiazole rings is 1. The molecule has 1 N–H and O–H groups in total. The Morgan fingerprint density at radius 1 is 1.17 bits per heavy atom. The summed E-state index contributed by atoms with van der Waals surface area (Å²) >= 11 is 1.38. The summed E-state index contributed by atoms with van der Waals surface area (Å²) in [6, 6.07) is 13.1. The number of piperidine rings is 1. The van der Waals surface area contributed by atoms with Crippen molar-refractivity contribution in [3.8, 4) is 5.88 Å². The average Bonchev–Trinajstić information content (AvgIpc) is 3.31. The van der Waals surface area contributed by atoms with Crippen molar-refractivity contribution >= 4 is 28.3 Å². The number of aromatic nitrogens is 2. The number of nitrogens with one attached hydrogen (secondary N) is 1. The van der Waals surface area contributed by atoms with E-state index < -0.39 is 0 Å². The highest BCUT2D eigenvalue weighted by molar-refractivity contribution is 7.13. The Kier molecular flexibility index (Phi) is 6.34. The second-order valence-corrected chi connectivity index (χ2v) is 7.97. The summed E-state index contributed by atoms with van der Waals surface area (Å²) in [5.41, 5.74) is 1.54. The molecule has 0 spiro atoms. The van der Waals surface area contributed by atoms with Gasteiger partial charge >= 0.3 is 0 Å². The number of anilines is 1. The molecule has 0 aliphatic carbocycles. The van der Waals surface area contributed by atoms with Crippen LogP contribution >= 0.6 is 11.3 Å². The smallest absolute Gasteiger partial charge is 0.254 e. The first kappa shape index (κ1) is 20.0. The van der Waals surface area contributed by atoms with Gasteiger partial charge in [0.15, 0.2) is 5.13 Å². The van der Waals surface area contributed by atoms with E-state index in [1.165, 1.54) is 11.3 Å². The van der Waals surface area contributed by atoms with Crippen molar-refractivity contribution in [2.45, 2.75) is 19.4 Å². The lowest BCUT2D eigenvalue weighted by molar-refractivity contribution is -0.121. The Balaban J connectivity index is 1.38. The maximum Gasteiger partial charge on any atom is 0.254 e. The molecular weight excluding hydrogens is 400 g/mol. The van der Waals surface area contributed by atoms with Crippen LogP contribution in [0.2, 0.25) is 0 Å². The Morgan fingerprint density at radius 2 is 2.03 bits per heavy atom. The van der Waals surface area contributed by atoms with E-state index in [4.69, 9.17) is 4.74 Å². The van der Waals surface area contributed by atoms with Crippen LogP contribution in [0.1, 0.15) is 28.8 Å². The molecule has 1 aliphatic heterocycles. The Labute approximate surface area is 178 Å². The summed E-state index contributed by atoms with van der Waals surface area (Å²) in [5, 5.41) is 5.23. The molecule has 30 heavy (non-hydrogen) atoms. The molecule has 3 aromatic rings. The number of pyridine rings is 1. The summed E-state index contributed by atoms with van der Waals surface area (Å²) in [6.07, 6.45) is 4.76. The summed E-state index contributed by atoms with van der Waals surface area (Å²) in [6.45, 7) is 1.40. The van der Waals surface area contributed by atoms with Crippen LogP contribution in [0.15, 0.2) is 60.2 Å². The SMILES string of the molecule is O=C(Nc1nccs1)C1CCCN(C(=O)c2ccnc(OCc3ccccc3)c2)C1. The molecule has 0 radical (unpaired) electrons. The first-order chi connectivity index (χ1) is 14.7. The third kappa shape index (κ3) is 5.01. The molecule has 0 saturated carbocycles. The van der Waals surface area contributed by atoms with Gasteiger partial charge in [0.05, 0.1) is 5.92 Å². The van der Waals surface area contributed by atoms with Crippen LogP contribution in [-0.4, -0.2) is 39.8 Å². The quantitative estimate of drug-likeness (QED) is 0.656. The fourth-order valence-corrected chi connectivity index (χ4v) is 3.94. The summed E-state index contributed by atoms with van der Waals surface area (Å²) < 4.78 is 5.74. The highest BCUT2D eigenvalue weighted by Gasteiger charge is 2.29. The zero-order valence-electron chi connectivity index (χ0n) is 16.4. The number of hydrogen-bond donors (Lipinski definition) is 1. The third-order valence-corrected chi connectivity index (χ3v) is 5.64. The number of ether oxygens (including phenoxy) is 1. The molecule has 0 bridgehead atoms. The summed E-state index contributed by atoms with van der Waals surface area (Å²) in [5.74, 6) is -0.0558. The van der Waals surface area contributed by atoms with E-state index in [1.54, 1.807) is 29.4 Å². The zero-order chi connectivity index (χ0) is 20.8. The molecule has 1 atom stereocenters. The predicted molar refractivity (Wildman–Crippen MR) is 114 cm³/mol. The van der Waals surface area contributed by atoms with Crippen molar-refractivity contribution in [2.24, 2.45) is 5.92 Å². The number of likely N-dealkylation sites (tertiary alicyclic amines) is 1. The molecule has 3 heterocycles. The Morgan fingerprint density at radius 3 is 2.83 bits per heavy atom. The Hall–Kier alpha value is -3.26.